The number of amides is 1. The molecule has 0 saturated carbocycles. The predicted octanol–water partition coefficient (Wildman–Crippen LogP) is -0.853. The van der Waals surface area contributed by atoms with Crippen molar-refractivity contribution < 1.29 is 13.2 Å². The third kappa shape index (κ3) is 3.39. The molecule has 0 aromatic heterocycles. The van der Waals surface area contributed by atoms with Crippen LogP contribution in [0.4, 0.5) is 0 Å². The van der Waals surface area contributed by atoms with E-state index < -0.39 is 22.0 Å². The number of hydrogen-bond acceptors (Lipinski definition) is 5. The quantitative estimate of drug-likeness (QED) is 0.751. The highest BCUT2D eigenvalue weighted by Crippen LogP contribution is 2.17. The average Bonchev–Trinajstić information content (AvgIpc) is 2.47. The topological polar surface area (TPSA) is 116 Å². The Kier molecular flexibility index (Phi) is 4.57. The van der Waals surface area contributed by atoms with Gasteiger partial charge in [-0.05, 0) is 11.6 Å². The van der Waals surface area contributed by atoms with E-state index >= 15 is 0 Å². The lowest BCUT2D eigenvalue weighted by Crippen LogP contribution is -2.58. The van der Waals surface area contributed by atoms with Crippen LogP contribution >= 0.6 is 0 Å². The van der Waals surface area contributed by atoms with Gasteiger partial charge in [0.15, 0.2) is 0 Å². The molecule has 1 aromatic rings. The highest BCUT2D eigenvalue weighted by molar-refractivity contribution is 7.88. The summed E-state index contributed by atoms with van der Waals surface area (Å²) in [5, 5.41) is 12.0. The number of benzene rings is 1. The zero-order valence-electron chi connectivity index (χ0n) is 11.3. The minimum absolute atomic E-state index is 0.185. The summed E-state index contributed by atoms with van der Waals surface area (Å²) in [6.07, 6.45) is 0. The van der Waals surface area contributed by atoms with E-state index in [9.17, 15) is 13.2 Å². The second-order valence-corrected chi connectivity index (χ2v) is 6.68. The number of nitrogens with one attached hydrogen (secondary N) is 1. The Morgan fingerprint density at radius 3 is 2.86 bits per heavy atom. The smallest absolute Gasteiger partial charge is 0.237 e. The molecule has 0 spiro atoms. The van der Waals surface area contributed by atoms with Gasteiger partial charge in [0.2, 0.25) is 15.9 Å². The zero-order valence-corrected chi connectivity index (χ0v) is 12.1. The second kappa shape index (κ2) is 6.22. The first kappa shape index (κ1) is 15.4. The Labute approximate surface area is 123 Å². The summed E-state index contributed by atoms with van der Waals surface area (Å²) in [7, 11) is -3.72. The summed E-state index contributed by atoms with van der Waals surface area (Å²) in [5.74, 6) is -1.00. The lowest BCUT2D eigenvalue weighted by atomic mass is 10.1. The maximum absolute atomic E-state index is 12.5. The lowest BCUT2D eigenvalue weighted by molar-refractivity contribution is -0.122. The molecule has 0 aliphatic carbocycles. The minimum atomic E-state index is -3.72. The van der Waals surface area contributed by atoms with Gasteiger partial charge in [-0.15, -0.1) is 0 Å². The molecular formula is C13H16N4O3S. The number of sulfonamides is 1. The van der Waals surface area contributed by atoms with Gasteiger partial charge in [-0.25, -0.2) is 8.42 Å². The van der Waals surface area contributed by atoms with E-state index in [1.807, 2.05) is 6.07 Å². The van der Waals surface area contributed by atoms with Crippen molar-refractivity contribution in [1.82, 2.24) is 9.62 Å². The van der Waals surface area contributed by atoms with Gasteiger partial charge in [0.1, 0.15) is 6.04 Å². The van der Waals surface area contributed by atoms with Crippen LogP contribution in [0.5, 0.6) is 0 Å². The molecule has 1 aliphatic heterocycles. The number of nitrogens with zero attached hydrogens (tertiary/aromatic N) is 2. The van der Waals surface area contributed by atoms with Gasteiger partial charge in [0, 0.05) is 19.6 Å². The van der Waals surface area contributed by atoms with Crippen LogP contribution in [-0.2, 0) is 20.6 Å². The fourth-order valence-electron chi connectivity index (χ4n) is 2.30. The predicted molar refractivity (Wildman–Crippen MR) is 76.3 cm³/mol. The Hall–Kier alpha value is -1.95. The molecule has 0 radical (unpaired) electrons. The number of rotatable bonds is 4. The van der Waals surface area contributed by atoms with Crippen molar-refractivity contribution >= 4 is 15.9 Å². The first-order chi connectivity index (χ1) is 9.95. The Morgan fingerprint density at radius 2 is 2.19 bits per heavy atom. The van der Waals surface area contributed by atoms with Crippen LogP contribution in [0, 0.1) is 11.3 Å². The normalized spacial score (nSPS) is 19.9. The van der Waals surface area contributed by atoms with Gasteiger partial charge >= 0.3 is 0 Å². The summed E-state index contributed by atoms with van der Waals surface area (Å²) in [6.45, 7) is 0.849. The Morgan fingerprint density at radius 1 is 1.48 bits per heavy atom. The Bertz CT molecular complexity index is 681. The molecule has 2 rings (SSSR count). The third-order valence-electron chi connectivity index (χ3n) is 3.36. The van der Waals surface area contributed by atoms with Gasteiger partial charge in [-0.3, -0.25) is 4.79 Å². The summed E-state index contributed by atoms with van der Waals surface area (Å²) in [6, 6.07) is 7.58. The SMILES string of the molecule is N#Cc1ccccc1CS(=O)(=O)N1CCNCC1C(N)=O. The molecule has 7 nitrogen and oxygen atoms in total. The van der Waals surface area contributed by atoms with Crippen molar-refractivity contribution in [2.24, 2.45) is 5.73 Å². The number of nitrogens with two attached hydrogens (primary N) is 1. The number of hydrogen-bond donors (Lipinski definition) is 2. The molecule has 21 heavy (non-hydrogen) atoms. The number of carbonyl (C=O) groups is 1. The molecule has 3 N–H and O–H groups in total. The van der Waals surface area contributed by atoms with Gasteiger partial charge in [-0.1, -0.05) is 18.2 Å². The van der Waals surface area contributed by atoms with E-state index in [1.54, 1.807) is 24.3 Å². The van der Waals surface area contributed by atoms with Crippen molar-refractivity contribution in [2.45, 2.75) is 11.8 Å². The number of primary amides is 1. The summed E-state index contributed by atoms with van der Waals surface area (Å²) in [5.41, 5.74) is 6.00. The van der Waals surface area contributed by atoms with Gasteiger partial charge < -0.3 is 11.1 Å². The third-order valence-corrected chi connectivity index (χ3v) is 5.18. The monoisotopic (exact) mass is 308 g/mol. The molecule has 1 atom stereocenters. The van der Waals surface area contributed by atoms with E-state index in [0.29, 0.717) is 17.7 Å². The molecular weight excluding hydrogens is 292 g/mol. The largest absolute Gasteiger partial charge is 0.368 e. The summed E-state index contributed by atoms with van der Waals surface area (Å²) in [4.78, 5) is 11.4. The number of piperazine rings is 1. The maximum atomic E-state index is 12.5. The van der Waals surface area contributed by atoms with Crippen molar-refractivity contribution in [3.05, 3.63) is 35.4 Å². The van der Waals surface area contributed by atoms with Crippen LogP contribution in [0.15, 0.2) is 24.3 Å². The van der Waals surface area contributed by atoms with E-state index in [0.717, 1.165) is 4.31 Å². The van der Waals surface area contributed by atoms with Crippen LogP contribution in [0.1, 0.15) is 11.1 Å². The Balaban J connectivity index is 2.29. The van der Waals surface area contributed by atoms with Gasteiger partial charge in [0.05, 0.1) is 17.4 Å². The van der Waals surface area contributed by atoms with Crippen molar-refractivity contribution in [2.75, 3.05) is 19.6 Å². The first-order valence-corrected chi connectivity index (χ1v) is 8.04. The summed E-state index contributed by atoms with van der Waals surface area (Å²) < 4.78 is 26.2. The molecule has 1 saturated heterocycles. The highest BCUT2D eigenvalue weighted by Gasteiger charge is 2.35. The number of carbonyl (C=O) groups excluding carboxylic acids is 1. The molecule has 1 aliphatic rings. The fraction of sp³-hybridized carbons (Fsp3) is 0.385. The van der Waals surface area contributed by atoms with Crippen LogP contribution in [0.3, 0.4) is 0 Å². The van der Waals surface area contributed by atoms with Gasteiger partial charge in [0.25, 0.3) is 0 Å². The van der Waals surface area contributed by atoms with Gasteiger partial charge in [-0.2, -0.15) is 9.57 Å². The number of nitriles is 1. The van der Waals surface area contributed by atoms with Crippen LogP contribution < -0.4 is 11.1 Å². The first-order valence-electron chi connectivity index (χ1n) is 6.43. The van der Waals surface area contributed by atoms with E-state index in [1.165, 1.54) is 0 Å². The van der Waals surface area contributed by atoms with Crippen molar-refractivity contribution in [1.29, 1.82) is 5.26 Å². The summed E-state index contributed by atoms with van der Waals surface area (Å²) >= 11 is 0. The molecule has 1 aromatic carbocycles. The lowest BCUT2D eigenvalue weighted by Gasteiger charge is -2.33. The maximum Gasteiger partial charge on any atom is 0.237 e. The van der Waals surface area contributed by atoms with E-state index in [2.05, 4.69) is 5.32 Å². The van der Waals surface area contributed by atoms with E-state index in [-0.39, 0.29) is 18.8 Å². The second-order valence-electron chi connectivity index (χ2n) is 4.76. The standard InChI is InChI=1S/C13H16N4O3S/c14-7-10-3-1-2-4-11(10)9-21(19,20)17-6-5-16-8-12(17)13(15)18/h1-4,12,16H,5-6,8-9H2,(H2,15,18). The molecule has 8 heteroatoms. The minimum Gasteiger partial charge on any atom is -0.368 e. The molecule has 0 bridgehead atoms. The van der Waals surface area contributed by atoms with Crippen molar-refractivity contribution in [3.63, 3.8) is 0 Å². The fourth-order valence-corrected chi connectivity index (χ4v) is 4.04. The molecule has 1 fully saturated rings. The molecule has 112 valence electrons. The average molecular weight is 308 g/mol. The zero-order chi connectivity index (χ0) is 15.5. The highest BCUT2D eigenvalue weighted by atomic mass is 32.2. The van der Waals surface area contributed by atoms with E-state index in [4.69, 9.17) is 11.0 Å². The van der Waals surface area contributed by atoms with Crippen LogP contribution in [-0.4, -0.2) is 44.3 Å². The van der Waals surface area contributed by atoms with Crippen LogP contribution in [0.25, 0.3) is 0 Å². The molecule has 1 heterocycles. The van der Waals surface area contributed by atoms with Crippen LogP contribution in [0.2, 0.25) is 0 Å². The van der Waals surface area contributed by atoms with Crippen molar-refractivity contribution in [3.8, 4) is 6.07 Å². The molecule has 1 amide bonds. The molecule has 1 unspecified atom stereocenters.